The summed E-state index contributed by atoms with van der Waals surface area (Å²) in [6.07, 6.45) is -3.53. The summed E-state index contributed by atoms with van der Waals surface area (Å²) in [7, 11) is 0. The number of aromatic amines is 1. The summed E-state index contributed by atoms with van der Waals surface area (Å²) in [6.45, 7) is -0.0483. The minimum Gasteiger partial charge on any atom is -0.447 e. The number of hydrogen-bond donors (Lipinski definition) is 1. The summed E-state index contributed by atoms with van der Waals surface area (Å²) in [4.78, 5) is 20.4. The highest BCUT2D eigenvalue weighted by atomic mass is 32.1. The Morgan fingerprint density at radius 1 is 1.13 bits per heavy atom. The molecule has 1 saturated heterocycles. The predicted octanol–water partition coefficient (Wildman–Crippen LogP) is 6.15. The van der Waals surface area contributed by atoms with Crippen molar-refractivity contribution in [2.45, 2.75) is 12.2 Å². The van der Waals surface area contributed by atoms with E-state index in [9.17, 15) is 18.0 Å². The van der Waals surface area contributed by atoms with Gasteiger partial charge in [0, 0.05) is 10.4 Å². The lowest BCUT2D eigenvalue weighted by atomic mass is 10.0. The van der Waals surface area contributed by atoms with Crippen molar-refractivity contribution >= 4 is 34.2 Å². The van der Waals surface area contributed by atoms with Gasteiger partial charge in [0.15, 0.2) is 0 Å². The van der Waals surface area contributed by atoms with Gasteiger partial charge in [0.05, 0.1) is 23.0 Å². The van der Waals surface area contributed by atoms with Crippen molar-refractivity contribution in [3.05, 3.63) is 71.1 Å². The van der Waals surface area contributed by atoms with Crippen LogP contribution in [0.15, 0.2) is 54.9 Å². The first-order chi connectivity index (χ1) is 14.8. The Hall–Kier alpha value is -3.40. The Bertz CT molecular complexity index is 1300. The normalized spacial score (nSPS) is 16.8. The molecule has 0 saturated carbocycles. The van der Waals surface area contributed by atoms with Crippen LogP contribution in [0.5, 0.6) is 0 Å². The molecule has 10 heteroatoms. The highest BCUT2D eigenvalue weighted by Gasteiger charge is 2.37. The maximum absolute atomic E-state index is 15.0. The average Bonchev–Trinajstić information content (AvgIpc) is 3.46. The topological polar surface area (TPSA) is 58.2 Å². The van der Waals surface area contributed by atoms with Crippen molar-refractivity contribution in [3.8, 4) is 10.4 Å². The van der Waals surface area contributed by atoms with Gasteiger partial charge in [-0.05, 0) is 42.0 Å². The predicted molar refractivity (Wildman–Crippen MR) is 107 cm³/mol. The molecule has 158 valence electrons. The second-order valence-electron chi connectivity index (χ2n) is 6.96. The van der Waals surface area contributed by atoms with Crippen molar-refractivity contribution in [1.29, 1.82) is 0 Å². The third kappa shape index (κ3) is 3.42. The molecule has 4 aromatic rings. The molecule has 1 N–H and O–H groups in total. The molecule has 0 bridgehead atoms. The van der Waals surface area contributed by atoms with Gasteiger partial charge in [0.1, 0.15) is 23.3 Å². The van der Waals surface area contributed by atoms with E-state index >= 15 is 4.39 Å². The Labute approximate surface area is 176 Å². The van der Waals surface area contributed by atoms with E-state index in [4.69, 9.17) is 4.74 Å². The van der Waals surface area contributed by atoms with Crippen molar-refractivity contribution < 1.29 is 27.1 Å². The molecule has 5 nitrogen and oxygen atoms in total. The number of fused-ring (bicyclic) bond motifs is 1. The quantitative estimate of drug-likeness (QED) is 0.384. The number of carbonyl (C=O) groups excluding carboxylic acids is 1. The molecule has 0 unspecified atom stereocenters. The third-order valence-electron chi connectivity index (χ3n) is 5.08. The van der Waals surface area contributed by atoms with Gasteiger partial charge in [-0.1, -0.05) is 12.1 Å². The van der Waals surface area contributed by atoms with Crippen molar-refractivity contribution in [2.24, 2.45) is 0 Å². The highest BCUT2D eigenvalue weighted by Crippen LogP contribution is 2.40. The first-order valence-corrected chi connectivity index (χ1v) is 9.99. The van der Waals surface area contributed by atoms with Gasteiger partial charge < -0.3 is 9.72 Å². The SMILES string of the molecule is O=C1OC[C@H](c2ccc(-c3ccc(C(F)(F)F)s3)cc2F)N1c1ccc2nc[nH]c2c1. The first-order valence-electron chi connectivity index (χ1n) is 9.17. The molecule has 2 aromatic carbocycles. The minimum atomic E-state index is -4.45. The molecule has 5 rings (SSSR count). The second kappa shape index (κ2) is 7.09. The highest BCUT2D eigenvalue weighted by molar-refractivity contribution is 7.15. The lowest BCUT2D eigenvalue weighted by Crippen LogP contribution is -2.27. The smallest absolute Gasteiger partial charge is 0.425 e. The molecule has 2 aromatic heterocycles. The molecule has 1 aliphatic rings. The van der Waals surface area contributed by atoms with Crippen LogP contribution in [0.3, 0.4) is 0 Å². The fraction of sp³-hybridized carbons (Fsp3) is 0.143. The number of carbonyl (C=O) groups is 1. The van der Waals surface area contributed by atoms with E-state index in [1.54, 1.807) is 24.3 Å². The van der Waals surface area contributed by atoms with Crippen LogP contribution in [0.1, 0.15) is 16.5 Å². The average molecular weight is 447 g/mol. The van der Waals surface area contributed by atoms with E-state index in [2.05, 4.69) is 9.97 Å². The number of cyclic esters (lactones) is 1. The van der Waals surface area contributed by atoms with Crippen molar-refractivity contribution in [1.82, 2.24) is 9.97 Å². The van der Waals surface area contributed by atoms with Crippen LogP contribution in [0.4, 0.5) is 28.0 Å². The molecular weight excluding hydrogens is 434 g/mol. The van der Waals surface area contributed by atoms with Gasteiger partial charge >= 0.3 is 12.3 Å². The molecule has 0 radical (unpaired) electrons. The molecule has 31 heavy (non-hydrogen) atoms. The van der Waals surface area contributed by atoms with E-state index in [1.807, 2.05) is 0 Å². The number of alkyl halides is 3. The number of imidazole rings is 1. The van der Waals surface area contributed by atoms with Gasteiger partial charge in [-0.3, -0.25) is 4.90 Å². The number of H-pyrrole nitrogens is 1. The molecule has 0 aliphatic carbocycles. The number of ether oxygens (including phenoxy) is 1. The molecule has 1 fully saturated rings. The summed E-state index contributed by atoms with van der Waals surface area (Å²) in [5.74, 6) is -0.629. The van der Waals surface area contributed by atoms with Gasteiger partial charge in [-0.2, -0.15) is 13.2 Å². The Morgan fingerprint density at radius 2 is 1.97 bits per heavy atom. The zero-order chi connectivity index (χ0) is 21.8. The Morgan fingerprint density at radius 3 is 2.71 bits per heavy atom. The minimum absolute atomic E-state index is 0.0483. The molecule has 1 amide bonds. The molecule has 1 aliphatic heterocycles. The fourth-order valence-corrected chi connectivity index (χ4v) is 4.47. The summed E-state index contributed by atoms with van der Waals surface area (Å²) in [5, 5.41) is 0. The summed E-state index contributed by atoms with van der Waals surface area (Å²) < 4.78 is 58.8. The number of rotatable bonds is 3. The number of nitrogens with zero attached hydrogens (tertiary/aromatic N) is 2. The van der Waals surface area contributed by atoms with E-state index in [0.717, 1.165) is 11.6 Å². The lowest BCUT2D eigenvalue weighted by molar-refractivity contribution is -0.134. The zero-order valence-electron chi connectivity index (χ0n) is 15.6. The second-order valence-corrected chi connectivity index (χ2v) is 8.05. The largest absolute Gasteiger partial charge is 0.447 e. The van der Waals surface area contributed by atoms with Crippen LogP contribution in [-0.2, 0) is 10.9 Å². The summed E-state index contributed by atoms with van der Waals surface area (Å²) >= 11 is 0.549. The maximum Gasteiger partial charge on any atom is 0.425 e. The fourth-order valence-electron chi connectivity index (χ4n) is 3.61. The van der Waals surface area contributed by atoms with Crippen LogP contribution in [0.25, 0.3) is 21.5 Å². The van der Waals surface area contributed by atoms with Crippen LogP contribution >= 0.6 is 11.3 Å². The lowest BCUT2D eigenvalue weighted by Gasteiger charge is -2.22. The van der Waals surface area contributed by atoms with Crippen LogP contribution in [0.2, 0.25) is 0 Å². The van der Waals surface area contributed by atoms with E-state index in [0.29, 0.717) is 33.0 Å². The summed E-state index contributed by atoms with van der Waals surface area (Å²) in [6, 6.07) is 10.9. The van der Waals surface area contributed by atoms with Gasteiger partial charge in [-0.15, -0.1) is 11.3 Å². The summed E-state index contributed by atoms with van der Waals surface area (Å²) in [5.41, 5.74) is 2.49. The third-order valence-corrected chi connectivity index (χ3v) is 6.26. The first kappa shape index (κ1) is 19.6. The maximum atomic E-state index is 15.0. The molecule has 3 heterocycles. The monoisotopic (exact) mass is 447 g/mol. The number of halogens is 4. The van der Waals surface area contributed by atoms with Crippen molar-refractivity contribution in [3.63, 3.8) is 0 Å². The van der Waals surface area contributed by atoms with Gasteiger partial charge in [-0.25, -0.2) is 14.2 Å². The van der Waals surface area contributed by atoms with Crippen LogP contribution in [0, 0.1) is 5.82 Å². The number of amides is 1. The number of hydrogen-bond acceptors (Lipinski definition) is 4. The number of thiophene rings is 1. The number of nitrogens with one attached hydrogen (secondary N) is 1. The Kier molecular flexibility index (Phi) is 4.47. The number of benzene rings is 2. The molecule has 1 atom stereocenters. The molecule has 0 spiro atoms. The van der Waals surface area contributed by atoms with Gasteiger partial charge in [0.25, 0.3) is 0 Å². The number of anilines is 1. The van der Waals surface area contributed by atoms with E-state index < -0.39 is 29.0 Å². The van der Waals surface area contributed by atoms with E-state index in [1.165, 1.54) is 29.4 Å². The van der Waals surface area contributed by atoms with Crippen LogP contribution in [-0.4, -0.2) is 22.7 Å². The zero-order valence-corrected chi connectivity index (χ0v) is 16.4. The molecular formula is C21H13F4N3O2S. The number of aromatic nitrogens is 2. The Balaban J connectivity index is 1.48. The van der Waals surface area contributed by atoms with Crippen molar-refractivity contribution in [2.75, 3.05) is 11.5 Å². The van der Waals surface area contributed by atoms with Crippen LogP contribution < -0.4 is 4.90 Å². The standard InChI is InChI=1S/C21H13F4N3O2S/c22-14-7-11(18-5-6-19(31-18)21(23,24)25)1-3-13(14)17-9-30-20(29)28(17)12-2-4-15-16(8-12)27-10-26-15/h1-8,10,17H,9H2,(H,26,27)/t17-/m1/s1. The van der Waals surface area contributed by atoms with Gasteiger partial charge in [0.2, 0.25) is 0 Å². The van der Waals surface area contributed by atoms with E-state index in [-0.39, 0.29) is 12.2 Å².